The molecule has 0 saturated heterocycles. The van der Waals surface area contributed by atoms with E-state index in [9.17, 15) is 57.0 Å². The van der Waals surface area contributed by atoms with E-state index in [-0.39, 0.29) is 66.5 Å². The van der Waals surface area contributed by atoms with Gasteiger partial charge in [0.05, 0.1) is 46.8 Å². The number of fused-ring (bicyclic) bond motifs is 3. The minimum absolute atomic E-state index is 0.0263. The minimum atomic E-state index is -5.04. The summed E-state index contributed by atoms with van der Waals surface area (Å²) >= 11 is 0. The molecule has 0 aliphatic heterocycles. The van der Waals surface area contributed by atoms with Gasteiger partial charge in [-0.1, -0.05) is 12.1 Å². The van der Waals surface area contributed by atoms with Gasteiger partial charge in [-0.15, -0.1) is 20.5 Å². The van der Waals surface area contributed by atoms with Crippen LogP contribution in [0.15, 0.2) is 172 Å². The Kier molecular flexibility index (Phi) is 13.2. The monoisotopic (exact) mass is 1040 g/mol. The Balaban J connectivity index is 1.13. The summed E-state index contributed by atoms with van der Waals surface area (Å²) in [6.45, 7) is 1.66. The molecule has 22 nitrogen and oxygen atoms in total. The third kappa shape index (κ3) is 10.7. The van der Waals surface area contributed by atoms with E-state index in [1.54, 1.807) is 49.4 Å². The first-order valence-electron chi connectivity index (χ1n) is 20.1. The molecule has 8 aromatic rings. The molecule has 0 unspecified atom stereocenters. The van der Waals surface area contributed by atoms with Crippen molar-refractivity contribution in [2.24, 2.45) is 30.7 Å². The number of azo groups is 3. The number of aryl methyl sites for hydroxylation is 1. The van der Waals surface area contributed by atoms with E-state index in [0.717, 1.165) is 24.3 Å². The van der Waals surface area contributed by atoms with Crippen molar-refractivity contribution >= 4 is 118 Å². The molecular formula is C45H35N7O15S4. The molecular weight excluding hydrogens is 1010 g/mol. The molecule has 0 radical (unpaired) electrons. The van der Waals surface area contributed by atoms with Crippen molar-refractivity contribution in [2.75, 3.05) is 19.5 Å². The predicted octanol–water partition coefficient (Wildman–Crippen LogP) is 11.2. The molecule has 364 valence electrons. The number of nitrogens with zero attached hydrogens (tertiary/aromatic N) is 6. The second-order valence-corrected chi connectivity index (χ2v) is 20.9. The lowest BCUT2D eigenvalue weighted by Gasteiger charge is -2.12. The van der Waals surface area contributed by atoms with Gasteiger partial charge in [-0.2, -0.15) is 43.9 Å². The molecule has 0 saturated carbocycles. The van der Waals surface area contributed by atoms with Crippen LogP contribution in [0.3, 0.4) is 0 Å². The average molecular weight is 1040 g/mol. The maximum atomic E-state index is 12.7. The van der Waals surface area contributed by atoms with E-state index < -0.39 is 71.5 Å². The van der Waals surface area contributed by atoms with Gasteiger partial charge in [-0.25, -0.2) is 0 Å². The Labute approximate surface area is 403 Å². The molecule has 0 aliphatic carbocycles. The molecule has 6 N–H and O–H groups in total. The molecule has 8 aromatic carbocycles. The van der Waals surface area contributed by atoms with E-state index in [1.807, 2.05) is 0 Å². The number of aromatic hydroxyl groups is 1. The highest BCUT2D eigenvalue weighted by Crippen LogP contribution is 2.44. The maximum Gasteiger partial charge on any atom is 0.296 e. The van der Waals surface area contributed by atoms with Crippen LogP contribution >= 0.6 is 0 Å². The second kappa shape index (κ2) is 18.8. The van der Waals surface area contributed by atoms with Crippen molar-refractivity contribution in [3.8, 4) is 17.2 Å². The van der Waals surface area contributed by atoms with Crippen molar-refractivity contribution in [1.29, 1.82) is 0 Å². The number of phenolic OH excluding ortho intramolecular Hbond substituents is 1. The third-order valence-electron chi connectivity index (χ3n) is 10.7. The van der Waals surface area contributed by atoms with Crippen LogP contribution in [0.4, 0.5) is 45.5 Å². The highest BCUT2D eigenvalue weighted by atomic mass is 32.2. The van der Waals surface area contributed by atoms with Crippen molar-refractivity contribution in [3.05, 3.63) is 127 Å². The topological polar surface area (TPSA) is 342 Å². The molecule has 71 heavy (non-hydrogen) atoms. The van der Waals surface area contributed by atoms with Gasteiger partial charge in [0.1, 0.15) is 32.7 Å². The number of rotatable bonds is 14. The lowest BCUT2D eigenvalue weighted by Crippen LogP contribution is -2.04. The first-order chi connectivity index (χ1) is 33.4. The Morgan fingerprint density at radius 2 is 1.07 bits per heavy atom. The molecule has 0 aliphatic rings. The molecule has 0 fully saturated rings. The Hall–Kier alpha value is -7.82. The van der Waals surface area contributed by atoms with E-state index in [4.69, 9.17) is 9.47 Å². The summed E-state index contributed by atoms with van der Waals surface area (Å²) in [5.74, 6) is 0.128. The number of hydrogen-bond acceptors (Lipinski definition) is 18. The Morgan fingerprint density at radius 1 is 0.451 bits per heavy atom. The van der Waals surface area contributed by atoms with Gasteiger partial charge in [-0.05, 0) is 126 Å². The fourth-order valence-electron chi connectivity index (χ4n) is 7.24. The van der Waals surface area contributed by atoms with Gasteiger partial charge in [0.25, 0.3) is 40.5 Å². The summed E-state index contributed by atoms with van der Waals surface area (Å²) in [6.07, 6.45) is 0. The summed E-state index contributed by atoms with van der Waals surface area (Å²) < 4.78 is 148. The van der Waals surface area contributed by atoms with Crippen LogP contribution in [-0.4, -0.2) is 71.2 Å². The second-order valence-electron chi connectivity index (χ2n) is 15.3. The van der Waals surface area contributed by atoms with E-state index >= 15 is 0 Å². The smallest absolute Gasteiger partial charge is 0.296 e. The number of benzene rings is 8. The molecule has 26 heteroatoms. The quantitative estimate of drug-likeness (QED) is 0.0435. The van der Waals surface area contributed by atoms with Gasteiger partial charge in [0.2, 0.25) is 0 Å². The molecule has 8 rings (SSSR count). The van der Waals surface area contributed by atoms with E-state index in [0.29, 0.717) is 28.8 Å². The van der Waals surface area contributed by atoms with Gasteiger partial charge < -0.3 is 19.9 Å². The molecule has 0 amide bonds. The number of methoxy groups -OCH3 is 2. The van der Waals surface area contributed by atoms with E-state index in [2.05, 4.69) is 36.0 Å². The predicted molar refractivity (Wildman–Crippen MR) is 259 cm³/mol. The zero-order chi connectivity index (χ0) is 51.2. The fourth-order valence-corrected chi connectivity index (χ4v) is 9.75. The molecule has 0 spiro atoms. The molecule has 0 heterocycles. The minimum Gasteiger partial charge on any atom is -0.505 e. The highest BCUT2D eigenvalue weighted by Gasteiger charge is 2.24. The average Bonchev–Trinajstić information content (AvgIpc) is 3.31. The first kappa shape index (κ1) is 49.6. The summed E-state index contributed by atoms with van der Waals surface area (Å²) in [7, 11) is -16.7. The van der Waals surface area contributed by atoms with Crippen molar-refractivity contribution < 1.29 is 66.5 Å². The van der Waals surface area contributed by atoms with Gasteiger partial charge in [-0.3, -0.25) is 18.2 Å². The van der Waals surface area contributed by atoms with Crippen LogP contribution < -0.4 is 14.8 Å². The van der Waals surface area contributed by atoms with Crippen LogP contribution in [0.1, 0.15) is 5.56 Å². The molecule has 0 atom stereocenters. The van der Waals surface area contributed by atoms with Crippen LogP contribution in [-0.2, 0) is 40.5 Å². The maximum absolute atomic E-state index is 12.7. The number of ether oxygens (including phenoxy) is 2. The van der Waals surface area contributed by atoms with Crippen molar-refractivity contribution in [3.63, 3.8) is 0 Å². The highest BCUT2D eigenvalue weighted by molar-refractivity contribution is 7.87. The number of hydrogen-bond donors (Lipinski definition) is 6. The van der Waals surface area contributed by atoms with Crippen LogP contribution in [0.25, 0.3) is 32.3 Å². The zero-order valence-electron chi connectivity index (χ0n) is 36.7. The number of nitrogens with one attached hydrogen (secondary N) is 1. The van der Waals surface area contributed by atoms with Crippen LogP contribution in [0, 0.1) is 6.92 Å². The van der Waals surface area contributed by atoms with Gasteiger partial charge in [0, 0.05) is 39.0 Å². The summed E-state index contributed by atoms with van der Waals surface area (Å²) in [4.78, 5) is -2.87. The third-order valence-corrected chi connectivity index (χ3v) is 14.1. The lowest BCUT2D eigenvalue weighted by atomic mass is 10.1. The Morgan fingerprint density at radius 3 is 1.72 bits per heavy atom. The fraction of sp³-hybridized carbons (Fsp3) is 0.0667. The van der Waals surface area contributed by atoms with Crippen LogP contribution in [0.5, 0.6) is 17.2 Å². The van der Waals surface area contributed by atoms with Crippen LogP contribution in [0.2, 0.25) is 0 Å². The Bertz CT molecular complexity index is 4080. The van der Waals surface area contributed by atoms with Crippen molar-refractivity contribution in [1.82, 2.24) is 0 Å². The SMILES string of the molecule is COc1ccc(Nc2ccc3c(O)c(N=Nc4ccc(N=Nc5cc(C)c(N=Nc6ccc7cc(S(=O)(=O)O)cc(S(=O)(=O)O)c7c6)cc5OC)c5ccc(S(=O)(=O)O)cc45)c(S(=O)(=O)O)cc3c2)cc1. The summed E-state index contributed by atoms with van der Waals surface area (Å²) in [5, 5.41) is 40.4. The number of phenols is 1. The summed E-state index contributed by atoms with van der Waals surface area (Å²) in [6, 6.07) is 27.6. The molecule has 0 bridgehead atoms. The van der Waals surface area contributed by atoms with E-state index in [1.165, 1.54) is 62.8 Å². The van der Waals surface area contributed by atoms with Crippen molar-refractivity contribution in [2.45, 2.75) is 26.5 Å². The zero-order valence-corrected chi connectivity index (χ0v) is 39.9. The van der Waals surface area contributed by atoms with Gasteiger partial charge in [0.15, 0.2) is 5.75 Å². The standard InChI is InChI=1S/C45H35N7O15S4/c1-24-16-40(41(67-3)23-39(24)50-47-29-5-4-25-18-32(69(57,58)59)22-42(35(25)20-29)70(60,61)62)51-48-37-14-15-38(36-21-31(68(54,55)56)11-13-34(36)37)49-52-44-43(71(63,64)65)19-26-17-28(8-12-33(26)45(44)53)46-27-6-9-30(66-2)10-7-27/h4-23,46,53H,1-3H3,(H,54,55,56)(H,57,58,59)(H,60,61,62)(H,63,64,65). The largest absolute Gasteiger partial charge is 0.505 e. The molecule has 0 aromatic heterocycles. The normalized spacial score (nSPS) is 12.8. The lowest BCUT2D eigenvalue weighted by molar-refractivity contribution is 0.415. The van der Waals surface area contributed by atoms with Gasteiger partial charge >= 0.3 is 0 Å². The number of anilines is 2. The first-order valence-corrected chi connectivity index (χ1v) is 25.9. The summed E-state index contributed by atoms with van der Waals surface area (Å²) in [5.41, 5.74) is 1.63.